The molecule has 0 aliphatic rings. The van der Waals surface area contributed by atoms with Crippen LogP contribution in [-0.2, 0) is 16.0 Å². The minimum absolute atomic E-state index is 0.216. The fraction of sp³-hybridized carbons (Fsp3) is 0.440. The third-order valence-electron chi connectivity index (χ3n) is 4.54. The minimum Gasteiger partial charge on any atom is -0.490 e. The van der Waals surface area contributed by atoms with Crippen LogP contribution in [-0.4, -0.2) is 38.3 Å². The Labute approximate surface area is 190 Å². The van der Waals surface area contributed by atoms with Gasteiger partial charge in [0.1, 0.15) is 0 Å². The minimum atomic E-state index is -0.653. The highest BCUT2D eigenvalue weighted by atomic mass is 16.5. The molecule has 0 saturated heterocycles. The molecule has 0 radical (unpaired) electrons. The molecule has 174 valence electrons. The van der Waals surface area contributed by atoms with Gasteiger partial charge in [0, 0.05) is 5.69 Å². The number of hydrogen-bond donors (Lipinski definition) is 1. The van der Waals surface area contributed by atoms with Gasteiger partial charge in [-0.1, -0.05) is 25.5 Å². The largest absolute Gasteiger partial charge is 0.490 e. The van der Waals surface area contributed by atoms with Gasteiger partial charge in [-0.15, -0.1) is 0 Å². The number of anilines is 1. The number of rotatable bonds is 13. The van der Waals surface area contributed by atoms with E-state index in [1.807, 2.05) is 45.0 Å². The molecule has 1 N–H and O–H groups in total. The highest BCUT2D eigenvalue weighted by molar-refractivity contribution is 5.96. The van der Waals surface area contributed by atoms with Gasteiger partial charge in [-0.2, -0.15) is 0 Å². The SMILES string of the molecule is CCCCc1ccc(NC(=O)COC(=O)c2cc(OCC)c(OCC)c(OCC)c2)cc1. The molecule has 2 rings (SSSR count). The molecule has 0 aromatic heterocycles. The average molecular weight is 444 g/mol. The lowest BCUT2D eigenvalue weighted by molar-refractivity contribution is -0.119. The van der Waals surface area contributed by atoms with Crippen LogP contribution in [0.25, 0.3) is 0 Å². The molecule has 0 atom stereocenters. The van der Waals surface area contributed by atoms with Crippen LogP contribution >= 0.6 is 0 Å². The van der Waals surface area contributed by atoms with E-state index in [1.165, 1.54) is 17.7 Å². The number of benzene rings is 2. The van der Waals surface area contributed by atoms with Gasteiger partial charge < -0.3 is 24.3 Å². The molecule has 0 fully saturated rings. The first-order valence-corrected chi connectivity index (χ1v) is 11.1. The van der Waals surface area contributed by atoms with Gasteiger partial charge in [-0.05, 0) is 63.4 Å². The second-order valence-corrected chi connectivity index (χ2v) is 7.03. The van der Waals surface area contributed by atoms with Crippen LogP contribution in [0.1, 0.15) is 56.5 Å². The Balaban J connectivity index is 2.02. The van der Waals surface area contributed by atoms with Crippen molar-refractivity contribution in [3.8, 4) is 17.2 Å². The van der Waals surface area contributed by atoms with Crippen molar-refractivity contribution in [2.45, 2.75) is 47.0 Å². The van der Waals surface area contributed by atoms with Gasteiger partial charge in [-0.25, -0.2) is 4.79 Å². The Morgan fingerprint density at radius 3 is 1.97 bits per heavy atom. The van der Waals surface area contributed by atoms with Crippen LogP contribution in [0.15, 0.2) is 36.4 Å². The van der Waals surface area contributed by atoms with E-state index in [1.54, 1.807) is 0 Å². The lowest BCUT2D eigenvalue weighted by Gasteiger charge is -2.16. The van der Waals surface area contributed by atoms with Gasteiger partial charge in [0.25, 0.3) is 5.91 Å². The first-order chi connectivity index (χ1) is 15.5. The zero-order chi connectivity index (χ0) is 23.3. The number of hydrogen-bond acceptors (Lipinski definition) is 6. The summed E-state index contributed by atoms with van der Waals surface area (Å²) in [7, 11) is 0. The van der Waals surface area contributed by atoms with Crippen molar-refractivity contribution in [3.63, 3.8) is 0 Å². The van der Waals surface area contributed by atoms with Gasteiger partial charge in [0.05, 0.1) is 25.4 Å². The summed E-state index contributed by atoms with van der Waals surface area (Å²) in [4.78, 5) is 24.8. The maximum absolute atomic E-state index is 12.6. The van der Waals surface area contributed by atoms with Crippen LogP contribution in [0.2, 0.25) is 0 Å². The Kier molecular flexibility index (Phi) is 10.4. The van der Waals surface area contributed by atoms with Crippen LogP contribution in [0.4, 0.5) is 5.69 Å². The van der Waals surface area contributed by atoms with E-state index in [9.17, 15) is 9.59 Å². The highest BCUT2D eigenvalue weighted by Gasteiger charge is 2.20. The highest BCUT2D eigenvalue weighted by Crippen LogP contribution is 2.39. The van der Waals surface area contributed by atoms with Crippen molar-refractivity contribution in [1.29, 1.82) is 0 Å². The standard InChI is InChI=1S/C25H33NO6/c1-5-9-10-18-11-13-20(14-12-18)26-23(27)17-32-25(28)19-15-21(29-6-2)24(31-8-4)22(16-19)30-7-3/h11-16H,5-10,17H2,1-4H3,(H,26,27). The van der Waals surface area contributed by atoms with Crippen LogP contribution in [0, 0.1) is 0 Å². The molecule has 1 amide bonds. The van der Waals surface area contributed by atoms with Crippen molar-refractivity contribution < 1.29 is 28.5 Å². The molecule has 0 aliphatic carbocycles. The first kappa shape index (κ1) is 25.0. The molecular formula is C25H33NO6. The summed E-state index contributed by atoms with van der Waals surface area (Å²) >= 11 is 0. The molecular weight excluding hydrogens is 410 g/mol. The van der Waals surface area contributed by atoms with Crippen LogP contribution < -0.4 is 19.5 Å². The summed E-state index contributed by atoms with van der Waals surface area (Å²) < 4.78 is 22.1. The van der Waals surface area contributed by atoms with Crippen molar-refractivity contribution >= 4 is 17.6 Å². The second kappa shape index (κ2) is 13.2. The number of ether oxygens (including phenoxy) is 4. The summed E-state index contributed by atoms with van der Waals surface area (Å²) in [5.74, 6) is 0.147. The molecule has 0 aliphatic heterocycles. The maximum atomic E-state index is 12.6. The van der Waals surface area contributed by atoms with Gasteiger partial charge in [0.2, 0.25) is 5.75 Å². The number of unbranched alkanes of at least 4 members (excludes halogenated alkanes) is 1. The Bertz CT molecular complexity index is 851. The smallest absolute Gasteiger partial charge is 0.338 e. The molecule has 0 spiro atoms. The number of esters is 1. The predicted octanol–water partition coefficient (Wildman–Crippen LogP) is 5.02. The zero-order valence-corrected chi connectivity index (χ0v) is 19.4. The zero-order valence-electron chi connectivity index (χ0n) is 19.4. The fourth-order valence-electron chi connectivity index (χ4n) is 3.05. The van der Waals surface area contributed by atoms with Crippen molar-refractivity contribution in [1.82, 2.24) is 0 Å². The van der Waals surface area contributed by atoms with E-state index in [4.69, 9.17) is 18.9 Å². The first-order valence-electron chi connectivity index (χ1n) is 11.1. The molecule has 7 heteroatoms. The summed E-state index contributed by atoms with van der Waals surface area (Å²) in [6.45, 7) is 8.47. The molecule has 7 nitrogen and oxygen atoms in total. The Morgan fingerprint density at radius 2 is 1.44 bits per heavy atom. The molecule has 2 aromatic rings. The molecule has 2 aromatic carbocycles. The molecule has 0 unspecified atom stereocenters. The Hall–Kier alpha value is -3.22. The Morgan fingerprint density at radius 1 is 0.844 bits per heavy atom. The number of aryl methyl sites for hydroxylation is 1. The third kappa shape index (κ3) is 7.48. The van der Waals surface area contributed by atoms with Crippen molar-refractivity contribution in [3.05, 3.63) is 47.5 Å². The van der Waals surface area contributed by atoms with E-state index >= 15 is 0 Å². The third-order valence-corrected chi connectivity index (χ3v) is 4.54. The summed E-state index contributed by atoms with van der Waals surface area (Å²) in [5.41, 5.74) is 2.10. The molecule has 32 heavy (non-hydrogen) atoms. The van der Waals surface area contributed by atoms with Gasteiger partial charge >= 0.3 is 5.97 Å². The summed E-state index contributed by atoms with van der Waals surface area (Å²) in [5, 5.41) is 2.74. The fourth-order valence-corrected chi connectivity index (χ4v) is 3.05. The topological polar surface area (TPSA) is 83.1 Å². The predicted molar refractivity (Wildman–Crippen MR) is 124 cm³/mol. The number of carbonyl (C=O) groups excluding carboxylic acids is 2. The monoisotopic (exact) mass is 443 g/mol. The van der Waals surface area contributed by atoms with Gasteiger partial charge in [0.15, 0.2) is 18.1 Å². The molecule has 0 heterocycles. The second-order valence-electron chi connectivity index (χ2n) is 7.03. The normalized spacial score (nSPS) is 10.4. The molecule has 0 bridgehead atoms. The lowest BCUT2D eigenvalue weighted by atomic mass is 10.1. The van der Waals surface area contributed by atoms with E-state index < -0.39 is 18.5 Å². The van der Waals surface area contributed by atoms with E-state index in [0.717, 1.165) is 19.3 Å². The van der Waals surface area contributed by atoms with Gasteiger partial charge in [-0.3, -0.25) is 4.79 Å². The van der Waals surface area contributed by atoms with Crippen molar-refractivity contribution in [2.75, 3.05) is 31.7 Å². The number of carbonyl (C=O) groups is 2. The van der Waals surface area contributed by atoms with Crippen LogP contribution in [0.3, 0.4) is 0 Å². The number of nitrogens with one attached hydrogen (secondary N) is 1. The quantitative estimate of drug-likeness (QED) is 0.438. The molecule has 0 saturated carbocycles. The van der Waals surface area contributed by atoms with Crippen LogP contribution in [0.5, 0.6) is 17.2 Å². The van der Waals surface area contributed by atoms with E-state index in [2.05, 4.69) is 12.2 Å². The van der Waals surface area contributed by atoms with E-state index in [-0.39, 0.29) is 5.56 Å². The summed E-state index contributed by atoms with van der Waals surface area (Å²) in [6, 6.07) is 10.7. The summed E-state index contributed by atoms with van der Waals surface area (Å²) in [6.07, 6.45) is 3.28. The lowest BCUT2D eigenvalue weighted by Crippen LogP contribution is -2.21. The maximum Gasteiger partial charge on any atom is 0.338 e. The van der Waals surface area contributed by atoms with E-state index in [0.29, 0.717) is 42.8 Å². The average Bonchev–Trinajstić information content (AvgIpc) is 2.79. The van der Waals surface area contributed by atoms with Crippen molar-refractivity contribution in [2.24, 2.45) is 0 Å². The number of amides is 1.